The van der Waals surface area contributed by atoms with Crippen LogP contribution in [0.5, 0.6) is 5.75 Å². The maximum atomic E-state index is 13.0. The molecule has 0 bridgehead atoms. The third-order valence-corrected chi connectivity index (χ3v) is 4.50. The summed E-state index contributed by atoms with van der Waals surface area (Å²) in [6.45, 7) is 1.85. The quantitative estimate of drug-likeness (QED) is 0.650. The van der Waals surface area contributed by atoms with E-state index in [-0.39, 0.29) is 5.91 Å². The van der Waals surface area contributed by atoms with Crippen molar-refractivity contribution in [1.82, 2.24) is 0 Å². The highest BCUT2D eigenvalue weighted by molar-refractivity contribution is 6.32. The zero-order chi connectivity index (χ0) is 18.1. The second kappa shape index (κ2) is 6.48. The molecule has 3 aromatic carbocycles. The molecule has 0 unspecified atom stereocenters. The molecule has 128 valence electrons. The molecule has 1 aliphatic heterocycles. The number of methoxy groups -OCH3 is 1. The van der Waals surface area contributed by atoms with E-state index in [1.165, 1.54) is 5.01 Å². The lowest BCUT2D eigenvalue weighted by Crippen LogP contribution is -2.21. The van der Waals surface area contributed by atoms with Crippen LogP contribution < -0.4 is 9.75 Å². The lowest BCUT2D eigenvalue weighted by Gasteiger charge is -2.12. The Morgan fingerprint density at radius 1 is 0.962 bits per heavy atom. The van der Waals surface area contributed by atoms with E-state index in [2.05, 4.69) is 5.10 Å². The van der Waals surface area contributed by atoms with Gasteiger partial charge in [-0.15, -0.1) is 0 Å². The average Bonchev–Trinajstić information content (AvgIpc) is 2.97. The summed E-state index contributed by atoms with van der Waals surface area (Å²) in [7, 11) is 1.64. The maximum absolute atomic E-state index is 13.0. The molecule has 1 aliphatic rings. The van der Waals surface area contributed by atoms with Crippen LogP contribution in [0.25, 0.3) is 16.8 Å². The van der Waals surface area contributed by atoms with Crippen molar-refractivity contribution < 1.29 is 9.53 Å². The van der Waals surface area contributed by atoms with Crippen molar-refractivity contribution in [2.75, 3.05) is 12.1 Å². The van der Waals surface area contributed by atoms with Gasteiger partial charge in [0.2, 0.25) is 0 Å². The van der Waals surface area contributed by atoms with E-state index in [1.54, 1.807) is 7.11 Å². The highest BCUT2D eigenvalue weighted by atomic mass is 16.5. The van der Waals surface area contributed by atoms with Crippen molar-refractivity contribution in [2.24, 2.45) is 5.10 Å². The van der Waals surface area contributed by atoms with E-state index in [4.69, 9.17) is 4.74 Å². The van der Waals surface area contributed by atoms with E-state index in [0.29, 0.717) is 11.3 Å². The Hall–Kier alpha value is -3.40. The predicted molar refractivity (Wildman–Crippen MR) is 106 cm³/mol. The zero-order valence-electron chi connectivity index (χ0n) is 14.6. The molecule has 1 amide bonds. The number of rotatable bonds is 3. The summed E-state index contributed by atoms with van der Waals surface area (Å²) in [5, 5.41) is 8.02. The summed E-state index contributed by atoms with van der Waals surface area (Å²) in [6, 6.07) is 21.4. The van der Waals surface area contributed by atoms with E-state index in [0.717, 1.165) is 27.8 Å². The molecule has 0 fully saturated rings. The molecule has 0 aliphatic carbocycles. The summed E-state index contributed by atoms with van der Waals surface area (Å²) in [5.74, 6) is 0.596. The number of anilines is 1. The monoisotopic (exact) mass is 342 g/mol. The van der Waals surface area contributed by atoms with Crippen LogP contribution >= 0.6 is 0 Å². The van der Waals surface area contributed by atoms with Gasteiger partial charge in [-0.3, -0.25) is 4.79 Å². The fourth-order valence-electron chi connectivity index (χ4n) is 3.18. The molecule has 0 N–H and O–H groups in total. The van der Waals surface area contributed by atoms with Gasteiger partial charge in [0.15, 0.2) is 0 Å². The number of nitrogens with zero attached hydrogens (tertiary/aromatic N) is 2. The minimum absolute atomic E-state index is 0.135. The number of carbonyl (C=O) groups excluding carboxylic acids is 1. The van der Waals surface area contributed by atoms with Crippen molar-refractivity contribution in [3.05, 3.63) is 77.9 Å². The highest BCUT2D eigenvalue weighted by Crippen LogP contribution is 2.32. The van der Waals surface area contributed by atoms with Crippen LogP contribution in [0.2, 0.25) is 0 Å². The van der Waals surface area contributed by atoms with E-state index in [1.807, 2.05) is 79.7 Å². The van der Waals surface area contributed by atoms with Crippen LogP contribution in [0.15, 0.2) is 77.4 Å². The Morgan fingerprint density at radius 3 is 2.46 bits per heavy atom. The van der Waals surface area contributed by atoms with Crippen LogP contribution in [-0.2, 0) is 4.79 Å². The highest BCUT2D eigenvalue weighted by Gasteiger charge is 2.29. The summed E-state index contributed by atoms with van der Waals surface area (Å²) in [6.07, 6.45) is 1.88. The Morgan fingerprint density at radius 2 is 1.69 bits per heavy atom. The lowest BCUT2D eigenvalue weighted by atomic mass is 10.00. The van der Waals surface area contributed by atoms with Crippen LogP contribution in [0, 0.1) is 0 Å². The Bertz CT molecular complexity index is 1050. The lowest BCUT2D eigenvalue weighted by molar-refractivity contribution is -0.114. The Kier molecular flexibility index (Phi) is 4.01. The van der Waals surface area contributed by atoms with Gasteiger partial charge < -0.3 is 4.74 Å². The van der Waals surface area contributed by atoms with Gasteiger partial charge in [0.05, 0.1) is 24.1 Å². The number of benzene rings is 3. The first kappa shape index (κ1) is 16.1. The largest absolute Gasteiger partial charge is 0.496 e. The minimum Gasteiger partial charge on any atom is -0.496 e. The van der Waals surface area contributed by atoms with Crippen molar-refractivity contribution >= 4 is 34.2 Å². The molecule has 0 spiro atoms. The fourth-order valence-corrected chi connectivity index (χ4v) is 3.18. The minimum atomic E-state index is -0.135. The van der Waals surface area contributed by atoms with Crippen LogP contribution in [0.4, 0.5) is 5.69 Å². The van der Waals surface area contributed by atoms with Gasteiger partial charge >= 0.3 is 0 Å². The molecule has 4 rings (SSSR count). The SMILES string of the molecule is COc1ccc2ccccc2c1C=C1C(=O)N(c2ccccc2)N=C1C. The van der Waals surface area contributed by atoms with Gasteiger partial charge in [-0.25, -0.2) is 0 Å². The molecule has 0 radical (unpaired) electrons. The van der Waals surface area contributed by atoms with Gasteiger partial charge in [0.25, 0.3) is 5.91 Å². The molecular formula is C22H18N2O2. The second-order valence-electron chi connectivity index (χ2n) is 6.10. The van der Waals surface area contributed by atoms with Crippen molar-refractivity contribution in [2.45, 2.75) is 6.92 Å². The summed E-state index contributed by atoms with van der Waals surface area (Å²) in [4.78, 5) is 13.0. The first-order chi connectivity index (χ1) is 12.7. The van der Waals surface area contributed by atoms with Gasteiger partial charge in [-0.05, 0) is 42.0 Å². The summed E-state index contributed by atoms with van der Waals surface area (Å²) in [5.41, 5.74) is 2.90. The first-order valence-corrected chi connectivity index (χ1v) is 8.41. The third-order valence-electron chi connectivity index (χ3n) is 4.50. The smallest absolute Gasteiger partial charge is 0.280 e. The number of ether oxygens (including phenoxy) is 1. The number of hydrazone groups is 1. The Balaban J connectivity index is 1.84. The van der Waals surface area contributed by atoms with Crippen LogP contribution in [-0.4, -0.2) is 18.7 Å². The summed E-state index contributed by atoms with van der Waals surface area (Å²) < 4.78 is 5.54. The topological polar surface area (TPSA) is 41.9 Å². The van der Waals surface area contributed by atoms with Crippen molar-refractivity contribution in [1.29, 1.82) is 0 Å². The van der Waals surface area contributed by atoms with Gasteiger partial charge in [-0.2, -0.15) is 10.1 Å². The maximum Gasteiger partial charge on any atom is 0.280 e. The molecular weight excluding hydrogens is 324 g/mol. The summed E-state index contributed by atoms with van der Waals surface area (Å²) >= 11 is 0. The molecule has 0 atom stereocenters. The number of hydrogen-bond donors (Lipinski definition) is 0. The van der Waals surface area contributed by atoms with Gasteiger partial charge in [0.1, 0.15) is 5.75 Å². The normalized spacial score (nSPS) is 15.6. The molecule has 4 nitrogen and oxygen atoms in total. The number of fused-ring (bicyclic) bond motifs is 1. The third kappa shape index (κ3) is 2.65. The number of carbonyl (C=O) groups is 1. The molecule has 0 aromatic heterocycles. The van der Waals surface area contributed by atoms with Crippen molar-refractivity contribution in [3.8, 4) is 5.75 Å². The van der Waals surface area contributed by atoms with Crippen LogP contribution in [0.1, 0.15) is 12.5 Å². The standard InChI is InChI=1S/C22H18N2O2/c1-15-19(22(25)24(23-15)17-9-4-3-5-10-17)14-20-18-11-7-6-8-16(18)12-13-21(20)26-2/h3-14H,1-2H3. The molecule has 26 heavy (non-hydrogen) atoms. The van der Waals surface area contributed by atoms with Crippen molar-refractivity contribution in [3.63, 3.8) is 0 Å². The number of hydrogen-bond acceptors (Lipinski definition) is 3. The first-order valence-electron chi connectivity index (χ1n) is 8.41. The fraction of sp³-hybridized carbons (Fsp3) is 0.0909. The number of amides is 1. The van der Waals surface area contributed by atoms with E-state index in [9.17, 15) is 4.79 Å². The zero-order valence-corrected chi connectivity index (χ0v) is 14.6. The number of para-hydroxylation sites is 1. The van der Waals surface area contributed by atoms with E-state index >= 15 is 0 Å². The molecule has 0 saturated carbocycles. The van der Waals surface area contributed by atoms with E-state index < -0.39 is 0 Å². The average molecular weight is 342 g/mol. The molecule has 0 saturated heterocycles. The molecule has 4 heteroatoms. The molecule has 1 heterocycles. The van der Waals surface area contributed by atoms with Crippen LogP contribution in [0.3, 0.4) is 0 Å². The Labute approximate surface area is 152 Å². The molecule has 3 aromatic rings. The predicted octanol–water partition coefficient (Wildman–Crippen LogP) is 4.65. The van der Waals surface area contributed by atoms with Gasteiger partial charge in [-0.1, -0.05) is 48.5 Å². The second-order valence-corrected chi connectivity index (χ2v) is 6.10. The van der Waals surface area contributed by atoms with Gasteiger partial charge in [0, 0.05) is 5.56 Å².